The molecule has 0 aliphatic carbocycles. The minimum atomic E-state index is -0.238. The van der Waals surface area contributed by atoms with Gasteiger partial charge in [-0.2, -0.15) is 10.3 Å². The molecular weight excluding hydrogens is 146 g/mol. The molecule has 0 radical (unpaired) electrons. The molecule has 0 aliphatic heterocycles. The van der Waals surface area contributed by atoms with Gasteiger partial charge in [0.25, 0.3) is 5.56 Å². The van der Waals surface area contributed by atoms with Gasteiger partial charge in [-0.3, -0.25) is 9.80 Å². The Labute approximate surface area is 63.3 Å². The number of aromatic nitrogens is 1. The van der Waals surface area contributed by atoms with Gasteiger partial charge in [-0.15, -0.1) is 0 Å². The maximum atomic E-state index is 10.5. The molecule has 1 heterocycles. The van der Waals surface area contributed by atoms with E-state index in [4.69, 9.17) is 4.52 Å². The van der Waals surface area contributed by atoms with Gasteiger partial charge in [0.2, 0.25) is 0 Å². The van der Waals surface area contributed by atoms with Crippen LogP contribution < -0.4 is 5.56 Å². The number of hydrogen-bond donors (Lipinski definition) is 1. The van der Waals surface area contributed by atoms with Crippen LogP contribution in [0.5, 0.6) is 0 Å². The van der Waals surface area contributed by atoms with Gasteiger partial charge in [-0.25, -0.2) is 0 Å². The van der Waals surface area contributed by atoms with Gasteiger partial charge in [-0.1, -0.05) is 0 Å². The maximum absolute atomic E-state index is 10.5. The van der Waals surface area contributed by atoms with Crippen molar-refractivity contribution >= 4 is 6.72 Å². The van der Waals surface area contributed by atoms with E-state index in [0.29, 0.717) is 12.3 Å². The summed E-state index contributed by atoms with van der Waals surface area (Å²) in [5.74, 6) is 0.546. The third-order valence-electron chi connectivity index (χ3n) is 1.20. The van der Waals surface area contributed by atoms with E-state index in [1.54, 1.807) is 12.1 Å². The molecule has 0 bridgehead atoms. The van der Waals surface area contributed by atoms with Crippen molar-refractivity contribution in [2.45, 2.75) is 6.54 Å². The predicted molar refractivity (Wildman–Crippen MR) is 40.3 cm³/mol. The molecule has 0 fully saturated rings. The summed E-state index contributed by atoms with van der Waals surface area (Å²) in [5, 5.41) is 7.34. The molecule has 1 rings (SSSR count). The first-order chi connectivity index (χ1) is 5.22. The second kappa shape index (κ2) is 3.05. The number of H-pyrrole nitrogens is 1. The van der Waals surface area contributed by atoms with Crippen molar-refractivity contribution in [3.8, 4) is 0 Å². The van der Waals surface area contributed by atoms with Crippen LogP contribution in [-0.4, -0.2) is 23.9 Å². The van der Waals surface area contributed by atoms with Gasteiger partial charge >= 0.3 is 0 Å². The van der Waals surface area contributed by atoms with Gasteiger partial charge in [0, 0.05) is 19.8 Å². The van der Waals surface area contributed by atoms with Crippen molar-refractivity contribution in [1.29, 1.82) is 0 Å². The Bertz CT molecular complexity index is 288. The lowest BCUT2D eigenvalue weighted by molar-refractivity contribution is 0.283. The smallest absolute Gasteiger partial charge is 0.280 e. The zero-order valence-electron chi connectivity index (χ0n) is 6.20. The van der Waals surface area contributed by atoms with Crippen LogP contribution in [0.2, 0.25) is 0 Å². The summed E-state index contributed by atoms with van der Waals surface area (Å²) in [6.07, 6.45) is 0. The Morgan fingerprint density at radius 2 is 2.64 bits per heavy atom. The standard InChI is InChI=1S/C6H9N3O2/c1-7-9(2)4-5-3-6(10)8-11-5/h3H,1,4H2,2H3,(H,8,10). The molecule has 60 valence electrons. The van der Waals surface area contributed by atoms with Crippen LogP contribution >= 0.6 is 0 Å². The normalized spacial score (nSPS) is 9.55. The van der Waals surface area contributed by atoms with Gasteiger partial charge in [0.1, 0.15) is 0 Å². The highest BCUT2D eigenvalue weighted by Crippen LogP contribution is 1.97. The topological polar surface area (TPSA) is 61.6 Å². The van der Waals surface area contributed by atoms with Crippen molar-refractivity contribution in [2.24, 2.45) is 5.10 Å². The van der Waals surface area contributed by atoms with E-state index in [-0.39, 0.29) is 5.56 Å². The molecule has 0 amide bonds. The monoisotopic (exact) mass is 155 g/mol. The van der Waals surface area contributed by atoms with E-state index in [2.05, 4.69) is 17.0 Å². The zero-order valence-corrected chi connectivity index (χ0v) is 6.20. The number of rotatable bonds is 3. The summed E-state index contributed by atoms with van der Waals surface area (Å²) in [4.78, 5) is 10.5. The third-order valence-corrected chi connectivity index (χ3v) is 1.20. The minimum absolute atomic E-state index is 0.238. The van der Waals surface area contributed by atoms with Crippen LogP contribution in [0.3, 0.4) is 0 Å². The summed E-state index contributed by atoms with van der Waals surface area (Å²) < 4.78 is 4.77. The van der Waals surface area contributed by atoms with Crippen LogP contribution in [-0.2, 0) is 6.54 Å². The Kier molecular flexibility index (Phi) is 2.10. The van der Waals surface area contributed by atoms with Crippen LogP contribution in [0, 0.1) is 0 Å². The van der Waals surface area contributed by atoms with E-state index >= 15 is 0 Å². The van der Waals surface area contributed by atoms with Crippen molar-refractivity contribution in [3.63, 3.8) is 0 Å². The van der Waals surface area contributed by atoms with E-state index < -0.39 is 0 Å². The highest BCUT2D eigenvalue weighted by Gasteiger charge is 2.00. The first kappa shape index (κ1) is 7.59. The molecule has 5 heteroatoms. The average molecular weight is 155 g/mol. The van der Waals surface area contributed by atoms with E-state index in [0.717, 1.165) is 0 Å². The Morgan fingerprint density at radius 3 is 3.09 bits per heavy atom. The average Bonchev–Trinajstić information content (AvgIpc) is 2.35. The summed E-state index contributed by atoms with van der Waals surface area (Å²) in [5.41, 5.74) is -0.238. The van der Waals surface area contributed by atoms with E-state index in [9.17, 15) is 4.79 Å². The first-order valence-electron chi connectivity index (χ1n) is 3.07. The predicted octanol–water partition coefficient (Wildman–Crippen LogP) is 0.0153. The summed E-state index contributed by atoms with van der Waals surface area (Å²) in [6, 6.07) is 1.38. The van der Waals surface area contributed by atoms with Crippen molar-refractivity contribution in [3.05, 3.63) is 22.2 Å². The minimum Gasteiger partial charge on any atom is -0.382 e. The number of hydrazone groups is 1. The molecule has 1 aromatic heterocycles. The Hall–Kier alpha value is -1.52. The van der Waals surface area contributed by atoms with Crippen LogP contribution in [0.25, 0.3) is 0 Å². The van der Waals surface area contributed by atoms with E-state index in [1.165, 1.54) is 6.07 Å². The fourth-order valence-corrected chi connectivity index (χ4v) is 0.674. The molecule has 1 N–H and O–H groups in total. The summed E-state index contributed by atoms with van der Waals surface area (Å²) >= 11 is 0. The molecule has 0 atom stereocenters. The van der Waals surface area contributed by atoms with Gasteiger partial charge in [0.15, 0.2) is 5.76 Å². The molecule has 1 aromatic rings. The van der Waals surface area contributed by atoms with Crippen LogP contribution in [0.1, 0.15) is 5.76 Å². The molecule has 0 unspecified atom stereocenters. The maximum Gasteiger partial charge on any atom is 0.280 e. The second-order valence-corrected chi connectivity index (χ2v) is 2.14. The van der Waals surface area contributed by atoms with Crippen molar-refractivity contribution < 1.29 is 4.52 Å². The fraction of sp³-hybridized carbons (Fsp3) is 0.333. The highest BCUT2D eigenvalue weighted by molar-refractivity contribution is 5.22. The molecule has 5 nitrogen and oxygen atoms in total. The Balaban J connectivity index is 2.64. The second-order valence-electron chi connectivity index (χ2n) is 2.14. The van der Waals surface area contributed by atoms with Gasteiger partial charge in [0.05, 0.1) is 6.54 Å². The lowest BCUT2D eigenvalue weighted by Gasteiger charge is -2.07. The van der Waals surface area contributed by atoms with Crippen LogP contribution in [0.4, 0.5) is 0 Å². The number of nitrogens with zero attached hydrogens (tertiary/aromatic N) is 2. The largest absolute Gasteiger partial charge is 0.382 e. The first-order valence-corrected chi connectivity index (χ1v) is 3.07. The quantitative estimate of drug-likeness (QED) is 0.494. The van der Waals surface area contributed by atoms with Gasteiger partial charge < -0.3 is 4.52 Å². The third kappa shape index (κ3) is 1.96. The lowest BCUT2D eigenvalue weighted by atomic mass is 10.4. The summed E-state index contributed by atoms with van der Waals surface area (Å²) in [6.45, 7) is 3.76. The lowest BCUT2D eigenvalue weighted by Crippen LogP contribution is -2.08. The number of hydrogen-bond acceptors (Lipinski definition) is 4. The van der Waals surface area contributed by atoms with Crippen LogP contribution in [0.15, 0.2) is 20.5 Å². The van der Waals surface area contributed by atoms with Crippen molar-refractivity contribution in [1.82, 2.24) is 10.2 Å². The highest BCUT2D eigenvalue weighted by atomic mass is 16.5. The van der Waals surface area contributed by atoms with Gasteiger partial charge in [-0.05, 0) is 0 Å². The molecule has 0 spiro atoms. The summed E-state index contributed by atoms with van der Waals surface area (Å²) in [7, 11) is 1.74. The molecular formula is C6H9N3O2. The Morgan fingerprint density at radius 1 is 1.91 bits per heavy atom. The van der Waals surface area contributed by atoms with E-state index in [1.807, 2.05) is 0 Å². The number of aromatic amines is 1. The molecule has 0 saturated carbocycles. The molecule has 0 aliphatic rings. The number of nitrogens with one attached hydrogen (secondary N) is 1. The molecule has 0 saturated heterocycles. The zero-order chi connectivity index (χ0) is 8.27. The molecule has 0 aromatic carbocycles. The van der Waals surface area contributed by atoms with Crippen molar-refractivity contribution in [2.75, 3.05) is 7.05 Å². The fourth-order valence-electron chi connectivity index (χ4n) is 0.674. The SMILES string of the molecule is C=NN(C)Cc1cc(=O)[nH]o1. The molecule has 11 heavy (non-hydrogen) atoms.